The number of hydrogen-bond acceptors (Lipinski definition) is 4. The van der Waals surface area contributed by atoms with Gasteiger partial charge in [0.25, 0.3) is 0 Å². The van der Waals surface area contributed by atoms with E-state index in [0.29, 0.717) is 12.3 Å². The Labute approximate surface area is 151 Å². The van der Waals surface area contributed by atoms with E-state index in [2.05, 4.69) is 29.7 Å². The molecule has 3 rings (SSSR count). The van der Waals surface area contributed by atoms with Gasteiger partial charge in [0.1, 0.15) is 5.84 Å². The Morgan fingerprint density at radius 2 is 2.12 bits per heavy atom. The Morgan fingerprint density at radius 1 is 1.36 bits per heavy atom. The number of aliphatic imine (C=N–C) groups is 1. The second kappa shape index (κ2) is 7.73. The summed E-state index contributed by atoms with van der Waals surface area (Å²) in [6, 6.07) is 0. The number of allylic oxidation sites excluding steroid dienone is 2. The van der Waals surface area contributed by atoms with Gasteiger partial charge in [0.2, 0.25) is 0 Å². The molecule has 3 aliphatic rings. The van der Waals surface area contributed by atoms with Gasteiger partial charge in [-0.3, -0.25) is 0 Å². The van der Waals surface area contributed by atoms with E-state index in [-0.39, 0.29) is 0 Å². The Hall–Kier alpha value is -1.62. The van der Waals surface area contributed by atoms with Gasteiger partial charge in [0, 0.05) is 13.0 Å². The van der Waals surface area contributed by atoms with Gasteiger partial charge in [-0.05, 0) is 57.3 Å². The highest BCUT2D eigenvalue weighted by atomic mass is 16.4. The fourth-order valence-corrected chi connectivity index (χ4v) is 4.34. The predicted octanol–water partition coefficient (Wildman–Crippen LogP) is 3.29. The van der Waals surface area contributed by atoms with Crippen LogP contribution in [0.1, 0.15) is 52.4 Å². The summed E-state index contributed by atoms with van der Waals surface area (Å²) in [5.41, 5.74) is -0.209. The van der Waals surface area contributed by atoms with Crippen LogP contribution in [0.15, 0.2) is 28.9 Å². The number of hydrogen-bond donors (Lipinski definition) is 1. The first kappa shape index (κ1) is 18.2. The fraction of sp³-hybridized carbons (Fsp3) is 0.700. The maximum atomic E-state index is 12.3. The summed E-state index contributed by atoms with van der Waals surface area (Å²) in [5.74, 6) is 0.553. The van der Waals surface area contributed by atoms with E-state index in [1.807, 2.05) is 12.2 Å². The van der Waals surface area contributed by atoms with E-state index in [0.717, 1.165) is 50.4 Å². The molecule has 1 fully saturated rings. The van der Waals surface area contributed by atoms with Gasteiger partial charge in [0.05, 0.1) is 5.70 Å². The molecule has 0 spiro atoms. The summed E-state index contributed by atoms with van der Waals surface area (Å²) < 4.78 is 0. The lowest BCUT2D eigenvalue weighted by Gasteiger charge is -2.36. The molecule has 0 amide bonds. The number of rotatable bonds is 7. The third-order valence-electron chi connectivity index (χ3n) is 5.81. The third kappa shape index (κ3) is 3.52. The average molecular weight is 345 g/mol. The zero-order chi connectivity index (χ0) is 17.9. The molecule has 0 aromatic heterocycles. The second-order valence-electron chi connectivity index (χ2n) is 7.48. The van der Waals surface area contributed by atoms with E-state index in [4.69, 9.17) is 4.99 Å². The van der Waals surface area contributed by atoms with Crippen molar-refractivity contribution in [3.8, 4) is 0 Å². The molecular formula is C20H31N3O2. The van der Waals surface area contributed by atoms with Gasteiger partial charge >= 0.3 is 5.97 Å². The van der Waals surface area contributed by atoms with Crippen LogP contribution in [0.4, 0.5) is 0 Å². The SMILES string of the molecule is CCCCN1CCC(CC2(C(=O)O)N=C(CC)N3CC=CC=C32)CC1. The summed E-state index contributed by atoms with van der Waals surface area (Å²) in [5, 5.41) is 10.1. The van der Waals surface area contributed by atoms with Gasteiger partial charge in [0.15, 0.2) is 5.54 Å². The molecule has 0 saturated carbocycles. The number of nitrogens with zero attached hydrogens (tertiary/aromatic N) is 3. The molecule has 3 heterocycles. The number of carbonyl (C=O) groups is 1. The van der Waals surface area contributed by atoms with Crippen LogP contribution in [0.3, 0.4) is 0 Å². The monoisotopic (exact) mass is 345 g/mol. The highest BCUT2D eigenvalue weighted by molar-refractivity contribution is 5.96. The van der Waals surface area contributed by atoms with Crippen molar-refractivity contribution >= 4 is 11.8 Å². The molecule has 0 radical (unpaired) electrons. The lowest BCUT2D eigenvalue weighted by atomic mass is 9.80. The van der Waals surface area contributed by atoms with Crippen molar-refractivity contribution in [1.82, 2.24) is 9.80 Å². The van der Waals surface area contributed by atoms with Gasteiger partial charge in [-0.2, -0.15) is 0 Å². The van der Waals surface area contributed by atoms with Crippen molar-refractivity contribution < 1.29 is 9.90 Å². The Balaban J connectivity index is 1.74. The van der Waals surface area contributed by atoms with Gasteiger partial charge in [-0.25, -0.2) is 9.79 Å². The zero-order valence-corrected chi connectivity index (χ0v) is 15.6. The van der Waals surface area contributed by atoms with E-state index in [9.17, 15) is 9.90 Å². The molecule has 5 heteroatoms. The zero-order valence-electron chi connectivity index (χ0n) is 15.6. The average Bonchev–Trinajstić information content (AvgIpc) is 2.96. The number of unbranched alkanes of at least 4 members (excludes halogenated alkanes) is 1. The van der Waals surface area contributed by atoms with Crippen molar-refractivity contribution in [3.63, 3.8) is 0 Å². The van der Waals surface area contributed by atoms with E-state index in [1.54, 1.807) is 0 Å². The first-order valence-corrected chi connectivity index (χ1v) is 9.80. The van der Waals surface area contributed by atoms with Crippen molar-refractivity contribution in [1.29, 1.82) is 0 Å². The molecule has 3 aliphatic heterocycles. The molecule has 0 bridgehead atoms. The fourth-order valence-electron chi connectivity index (χ4n) is 4.34. The molecule has 0 aliphatic carbocycles. The highest BCUT2D eigenvalue weighted by Gasteiger charge is 2.51. The van der Waals surface area contributed by atoms with E-state index in [1.165, 1.54) is 19.4 Å². The second-order valence-corrected chi connectivity index (χ2v) is 7.48. The number of aliphatic carboxylic acids is 1. The quantitative estimate of drug-likeness (QED) is 0.769. The third-order valence-corrected chi connectivity index (χ3v) is 5.81. The maximum absolute atomic E-state index is 12.3. The van der Waals surface area contributed by atoms with Crippen molar-refractivity contribution in [2.24, 2.45) is 10.9 Å². The van der Waals surface area contributed by atoms with Gasteiger partial charge < -0.3 is 14.9 Å². The minimum atomic E-state index is -1.08. The normalized spacial score (nSPS) is 27.2. The highest BCUT2D eigenvalue weighted by Crippen LogP contribution is 2.41. The topological polar surface area (TPSA) is 56.1 Å². The number of piperidine rings is 1. The van der Waals surface area contributed by atoms with Gasteiger partial charge in [-0.1, -0.05) is 32.4 Å². The van der Waals surface area contributed by atoms with E-state index >= 15 is 0 Å². The summed E-state index contributed by atoms with van der Waals surface area (Å²) in [6.07, 6.45) is 12.1. The molecule has 1 unspecified atom stereocenters. The largest absolute Gasteiger partial charge is 0.479 e. The smallest absolute Gasteiger partial charge is 0.337 e. The van der Waals surface area contributed by atoms with Crippen LogP contribution in [0.25, 0.3) is 0 Å². The minimum Gasteiger partial charge on any atom is -0.479 e. The Bertz CT molecular complexity index is 588. The van der Waals surface area contributed by atoms with E-state index < -0.39 is 11.5 Å². The molecule has 1 N–H and O–H groups in total. The van der Waals surface area contributed by atoms with Crippen LogP contribution >= 0.6 is 0 Å². The molecule has 138 valence electrons. The lowest BCUT2D eigenvalue weighted by molar-refractivity contribution is -0.142. The van der Waals surface area contributed by atoms with Crippen LogP contribution in [-0.2, 0) is 4.79 Å². The van der Waals surface area contributed by atoms with Crippen LogP contribution in [-0.4, -0.2) is 58.4 Å². The van der Waals surface area contributed by atoms with Crippen LogP contribution in [0, 0.1) is 5.92 Å². The summed E-state index contributed by atoms with van der Waals surface area (Å²) in [4.78, 5) is 21.7. The number of carboxylic acids is 1. The Kier molecular flexibility index (Phi) is 5.62. The summed E-state index contributed by atoms with van der Waals surface area (Å²) in [7, 11) is 0. The summed E-state index contributed by atoms with van der Waals surface area (Å²) in [6.45, 7) is 8.38. The molecule has 25 heavy (non-hydrogen) atoms. The summed E-state index contributed by atoms with van der Waals surface area (Å²) >= 11 is 0. The molecular weight excluding hydrogens is 314 g/mol. The Morgan fingerprint density at radius 3 is 2.76 bits per heavy atom. The molecule has 0 aromatic carbocycles. The minimum absolute atomic E-state index is 0.433. The molecule has 1 atom stereocenters. The standard InChI is InChI=1S/C20H31N3O2/c1-3-5-11-22-13-9-16(10-14-22)15-20(19(24)25)17-8-6-7-12-23(17)18(4-2)21-20/h6-8,16H,3-5,9-15H2,1-2H3,(H,24,25). The van der Waals surface area contributed by atoms with Crippen molar-refractivity contribution in [2.45, 2.75) is 57.9 Å². The van der Waals surface area contributed by atoms with Crippen molar-refractivity contribution in [2.75, 3.05) is 26.2 Å². The number of likely N-dealkylation sites (tertiary alicyclic amines) is 1. The lowest BCUT2D eigenvalue weighted by Crippen LogP contribution is -2.44. The molecule has 0 aromatic rings. The number of amidine groups is 1. The maximum Gasteiger partial charge on any atom is 0.337 e. The number of fused-ring (bicyclic) bond motifs is 1. The number of carboxylic acid groups (broad SMARTS) is 1. The van der Waals surface area contributed by atoms with Crippen LogP contribution in [0.2, 0.25) is 0 Å². The predicted molar refractivity (Wildman–Crippen MR) is 101 cm³/mol. The first-order chi connectivity index (χ1) is 12.1. The van der Waals surface area contributed by atoms with Gasteiger partial charge in [-0.15, -0.1) is 0 Å². The first-order valence-electron chi connectivity index (χ1n) is 9.80. The van der Waals surface area contributed by atoms with Crippen LogP contribution < -0.4 is 0 Å². The molecule has 5 nitrogen and oxygen atoms in total. The van der Waals surface area contributed by atoms with Crippen molar-refractivity contribution in [3.05, 3.63) is 23.9 Å². The van der Waals surface area contributed by atoms with Crippen LogP contribution in [0.5, 0.6) is 0 Å². The molecule has 1 saturated heterocycles.